The molecule has 3 rings (SSSR count). The summed E-state index contributed by atoms with van der Waals surface area (Å²) in [5.74, 6) is -0.884. The van der Waals surface area contributed by atoms with E-state index in [1.165, 1.54) is 5.56 Å². The number of carbonyl (C=O) groups is 2. The van der Waals surface area contributed by atoms with Gasteiger partial charge in [-0.1, -0.05) is 26.0 Å². The van der Waals surface area contributed by atoms with Crippen LogP contribution in [0.2, 0.25) is 0 Å². The minimum atomic E-state index is -5.08. The van der Waals surface area contributed by atoms with Gasteiger partial charge in [-0.3, -0.25) is 9.69 Å². The van der Waals surface area contributed by atoms with Crippen molar-refractivity contribution >= 4 is 11.9 Å². The van der Waals surface area contributed by atoms with Gasteiger partial charge in [0.1, 0.15) is 5.75 Å². The Morgan fingerprint density at radius 2 is 1.65 bits per heavy atom. The first-order chi connectivity index (χ1) is 14.5. The van der Waals surface area contributed by atoms with E-state index in [0.717, 1.165) is 57.7 Å². The highest BCUT2D eigenvalue weighted by Crippen LogP contribution is 2.42. The van der Waals surface area contributed by atoms with Crippen molar-refractivity contribution in [1.82, 2.24) is 9.80 Å². The van der Waals surface area contributed by atoms with Crippen LogP contribution in [0.15, 0.2) is 24.3 Å². The van der Waals surface area contributed by atoms with Crippen LogP contribution < -0.4 is 4.74 Å². The Balaban J connectivity index is 0.000000423. The van der Waals surface area contributed by atoms with E-state index in [1.807, 2.05) is 12.1 Å². The van der Waals surface area contributed by atoms with Crippen molar-refractivity contribution < 1.29 is 32.6 Å². The van der Waals surface area contributed by atoms with Crippen LogP contribution in [0.1, 0.15) is 38.7 Å². The number of alkyl halides is 3. The number of rotatable bonds is 5. The Labute approximate surface area is 181 Å². The van der Waals surface area contributed by atoms with Crippen LogP contribution in [0.3, 0.4) is 0 Å². The number of halogens is 3. The number of nitrogens with zero attached hydrogens (tertiary/aromatic N) is 2. The molecular formula is C22H31F3N2O4. The molecular weight excluding hydrogens is 413 g/mol. The molecule has 0 bridgehead atoms. The van der Waals surface area contributed by atoms with E-state index >= 15 is 0 Å². The number of likely N-dealkylation sites (tertiary alicyclic amines) is 2. The minimum absolute atomic E-state index is 0.0642. The van der Waals surface area contributed by atoms with Gasteiger partial charge in [-0.05, 0) is 56.0 Å². The van der Waals surface area contributed by atoms with Gasteiger partial charge in [0.2, 0.25) is 5.91 Å². The summed E-state index contributed by atoms with van der Waals surface area (Å²) in [6.07, 6.45) is -2.01. The second kappa shape index (κ2) is 10.3. The molecule has 1 spiro atoms. The van der Waals surface area contributed by atoms with Crippen molar-refractivity contribution in [1.29, 1.82) is 0 Å². The van der Waals surface area contributed by atoms with Crippen LogP contribution in [0.4, 0.5) is 13.2 Å². The van der Waals surface area contributed by atoms with Crippen LogP contribution in [0.5, 0.6) is 5.75 Å². The Kier molecular flexibility index (Phi) is 8.34. The molecule has 0 radical (unpaired) electrons. The van der Waals surface area contributed by atoms with E-state index in [2.05, 4.69) is 35.8 Å². The maximum atomic E-state index is 12.8. The zero-order chi connectivity index (χ0) is 23.2. The van der Waals surface area contributed by atoms with Gasteiger partial charge in [-0.25, -0.2) is 4.79 Å². The molecule has 2 aliphatic rings. The zero-order valence-corrected chi connectivity index (χ0v) is 18.2. The average Bonchev–Trinajstić information content (AvgIpc) is 2.99. The first kappa shape index (κ1) is 25.0. The molecule has 9 heteroatoms. The lowest BCUT2D eigenvalue weighted by atomic mass is 9.77. The molecule has 1 aromatic rings. The van der Waals surface area contributed by atoms with Crippen LogP contribution in [-0.4, -0.2) is 66.2 Å². The second-order valence-corrected chi connectivity index (χ2v) is 8.60. The Hall–Kier alpha value is -2.29. The smallest absolute Gasteiger partial charge is 0.490 e. The highest BCUT2D eigenvalue weighted by molar-refractivity contribution is 5.85. The fourth-order valence-corrected chi connectivity index (χ4v) is 4.10. The molecule has 0 aliphatic carbocycles. The van der Waals surface area contributed by atoms with Crippen molar-refractivity contribution in [2.24, 2.45) is 11.3 Å². The summed E-state index contributed by atoms with van der Waals surface area (Å²) >= 11 is 0. The van der Waals surface area contributed by atoms with Crippen molar-refractivity contribution in [2.45, 2.75) is 45.8 Å². The first-order valence-electron chi connectivity index (χ1n) is 10.4. The highest BCUT2D eigenvalue weighted by atomic mass is 19.4. The number of hydrogen-bond donors (Lipinski definition) is 1. The number of methoxy groups -OCH3 is 1. The molecule has 1 aromatic carbocycles. The SMILES string of the molecule is COc1ccc(CN2CCC3(CC2)CCN(CC(C)C)C3=O)cc1.O=C(O)C(F)(F)F. The molecule has 6 nitrogen and oxygen atoms in total. The Morgan fingerprint density at radius 1 is 1.13 bits per heavy atom. The van der Waals surface area contributed by atoms with E-state index in [-0.39, 0.29) is 5.41 Å². The first-order valence-corrected chi connectivity index (χ1v) is 10.4. The molecule has 0 atom stereocenters. The van der Waals surface area contributed by atoms with Gasteiger partial charge < -0.3 is 14.7 Å². The average molecular weight is 444 g/mol. The standard InChI is InChI=1S/C20H30N2O2.C2HF3O2/c1-16(2)14-22-13-10-20(19(22)23)8-11-21(12-9-20)15-17-4-6-18(24-3)7-5-17;3-2(4,5)1(6)7/h4-7,16H,8-15H2,1-3H3;(H,6,7). The molecule has 0 aromatic heterocycles. The fraction of sp³-hybridized carbons (Fsp3) is 0.636. The number of carboxylic acid groups (broad SMARTS) is 1. The quantitative estimate of drug-likeness (QED) is 0.748. The maximum absolute atomic E-state index is 12.8. The van der Waals surface area contributed by atoms with Crippen LogP contribution in [0.25, 0.3) is 0 Å². The predicted molar refractivity (Wildman–Crippen MR) is 110 cm³/mol. The largest absolute Gasteiger partial charge is 0.497 e. The third-order valence-electron chi connectivity index (χ3n) is 5.81. The van der Waals surface area contributed by atoms with Crippen molar-refractivity contribution in [3.63, 3.8) is 0 Å². The number of piperidine rings is 1. The second-order valence-electron chi connectivity index (χ2n) is 8.60. The van der Waals surface area contributed by atoms with E-state index in [0.29, 0.717) is 11.8 Å². The summed E-state index contributed by atoms with van der Waals surface area (Å²) in [5.41, 5.74) is 1.25. The third-order valence-corrected chi connectivity index (χ3v) is 5.81. The predicted octanol–water partition coefficient (Wildman–Crippen LogP) is 3.80. The van der Waals surface area contributed by atoms with Crippen molar-refractivity contribution in [3.05, 3.63) is 29.8 Å². The number of ether oxygens (including phenoxy) is 1. The number of benzene rings is 1. The van der Waals surface area contributed by atoms with E-state index in [1.54, 1.807) is 7.11 Å². The summed E-state index contributed by atoms with van der Waals surface area (Å²) in [5, 5.41) is 7.12. The number of amides is 1. The topological polar surface area (TPSA) is 70.1 Å². The Morgan fingerprint density at radius 3 is 2.10 bits per heavy atom. The summed E-state index contributed by atoms with van der Waals surface area (Å²) in [6, 6.07) is 8.30. The van der Waals surface area contributed by atoms with Crippen LogP contribution >= 0.6 is 0 Å². The molecule has 0 saturated carbocycles. The van der Waals surface area contributed by atoms with Gasteiger partial charge in [0.15, 0.2) is 0 Å². The molecule has 174 valence electrons. The summed E-state index contributed by atoms with van der Waals surface area (Å²) < 4.78 is 37.0. The molecule has 0 unspecified atom stereocenters. The molecule has 2 saturated heterocycles. The van der Waals surface area contributed by atoms with Gasteiger partial charge in [0.05, 0.1) is 12.5 Å². The summed E-state index contributed by atoms with van der Waals surface area (Å²) in [7, 11) is 1.69. The molecule has 1 amide bonds. The third kappa shape index (κ3) is 6.85. The summed E-state index contributed by atoms with van der Waals surface area (Å²) in [4.78, 5) is 26.3. The lowest BCUT2D eigenvalue weighted by molar-refractivity contribution is -0.192. The van der Waals surface area contributed by atoms with Gasteiger partial charge in [0, 0.05) is 19.6 Å². The van der Waals surface area contributed by atoms with Crippen molar-refractivity contribution in [2.75, 3.05) is 33.3 Å². The van der Waals surface area contributed by atoms with Gasteiger partial charge in [-0.15, -0.1) is 0 Å². The lowest BCUT2D eigenvalue weighted by Gasteiger charge is -2.38. The molecule has 31 heavy (non-hydrogen) atoms. The number of hydrogen-bond acceptors (Lipinski definition) is 4. The number of carbonyl (C=O) groups excluding carboxylic acids is 1. The van der Waals surface area contributed by atoms with E-state index in [4.69, 9.17) is 14.6 Å². The minimum Gasteiger partial charge on any atom is -0.497 e. The lowest BCUT2D eigenvalue weighted by Crippen LogP contribution is -2.44. The van der Waals surface area contributed by atoms with E-state index in [9.17, 15) is 18.0 Å². The van der Waals surface area contributed by atoms with Crippen LogP contribution in [0, 0.1) is 11.3 Å². The van der Waals surface area contributed by atoms with Gasteiger partial charge in [0.25, 0.3) is 0 Å². The molecule has 2 heterocycles. The van der Waals surface area contributed by atoms with Crippen molar-refractivity contribution in [3.8, 4) is 5.75 Å². The Bertz CT molecular complexity index is 742. The monoisotopic (exact) mass is 444 g/mol. The van der Waals surface area contributed by atoms with Gasteiger partial charge >= 0.3 is 12.1 Å². The van der Waals surface area contributed by atoms with Crippen LogP contribution in [-0.2, 0) is 16.1 Å². The van der Waals surface area contributed by atoms with Gasteiger partial charge in [-0.2, -0.15) is 13.2 Å². The van der Waals surface area contributed by atoms with E-state index < -0.39 is 12.1 Å². The normalized spacial score (nSPS) is 18.8. The molecule has 2 fully saturated rings. The number of aliphatic carboxylic acids is 1. The maximum Gasteiger partial charge on any atom is 0.490 e. The zero-order valence-electron chi connectivity index (χ0n) is 18.2. The molecule has 1 N–H and O–H groups in total. The summed E-state index contributed by atoms with van der Waals surface area (Å²) in [6.45, 7) is 9.25. The molecule has 2 aliphatic heterocycles. The number of carboxylic acids is 1. The highest BCUT2D eigenvalue weighted by Gasteiger charge is 2.47. The fourth-order valence-electron chi connectivity index (χ4n) is 4.10.